The van der Waals surface area contributed by atoms with E-state index < -0.39 is 0 Å². The van der Waals surface area contributed by atoms with Crippen molar-refractivity contribution in [3.63, 3.8) is 0 Å². The summed E-state index contributed by atoms with van der Waals surface area (Å²) in [6, 6.07) is 5.51. The summed E-state index contributed by atoms with van der Waals surface area (Å²) in [6.45, 7) is 7.17. The van der Waals surface area contributed by atoms with E-state index in [-0.39, 0.29) is 23.3 Å². The van der Waals surface area contributed by atoms with Crippen molar-refractivity contribution in [3.8, 4) is 0 Å². The predicted octanol–water partition coefficient (Wildman–Crippen LogP) is 5.47. The van der Waals surface area contributed by atoms with Gasteiger partial charge in [0.15, 0.2) is 0 Å². The Bertz CT molecular complexity index is 379. The molecule has 0 bridgehead atoms. The van der Waals surface area contributed by atoms with Crippen molar-refractivity contribution in [2.75, 3.05) is 6.54 Å². The Labute approximate surface area is 131 Å². The number of hydrogen-bond acceptors (Lipinski definition) is 1. The van der Waals surface area contributed by atoms with Gasteiger partial charge in [-0.25, -0.2) is 0 Å². The van der Waals surface area contributed by atoms with E-state index in [2.05, 4.69) is 26.1 Å². The second kappa shape index (κ2) is 7.81. The average molecular weight is 331 g/mol. The lowest BCUT2D eigenvalue weighted by atomic mass is 10.0. The van der Waals surface area contributed by atoms with E-state index in [0.717, 1.165) is 12.0 Å². The number of rotatable bonds is 5. The third-order valence-corrected chi connectivity index (χ3v) is 4.09. The molecule has 0 heterocycles. The van der Waals surface area contributed by atoms with E-state index in [1.165, 1.54) is 0 Å². The van der Waals surface area contributed by atoms with Crippen molar-refractivity contribution >= 4 is 47.2 Å². The van der Waals surface area contributed by atoms with Gasteiger partial charge >= 0.3 is 0 Å². The largest absolute Gasteiger partial charge is 0.310 e. The first kappa shape index (κ1) is 18.3. The van der Waals surface area contributed by atoms with Crippen molar-refractivity contribution in [1.29, 1.82) is 0 Å². The van der Waals surface area contributed by atoms with Crippen LogP contribution < -0.4 is 5.32 Å². The Balaban J connectivity index is 0.00000289. The lowest BCUT2D eigenvalue weighted by Crippen LogP contribution is -2.40. The molecule has 0 aromatic heterocycles. The normalized spacial score (nSPS) is 13.0. The second-order valence-corrected chi connectivity index (χ2v) is 6.10. The van der Waals surface area contributed by atoms with Gasteiger partial charge in [-0.1, -0.05) is 36.2 Å². The quantitative estimate of drug-likeness (QED) is 0.705. The Morgan fingerprint density at radius 1 is 1.22 bits per heavy atom. The molecule has 1 unspecified atom stereocenters. The Morgan fingerprint density at radius 3 is 2.33 bits per heavy atom. The molecule has 1 nitrogen and oxygen atoms in total. The third-order valence-electron chi connectivity index (χ3n) is 2.95. The van der Waals surface area contributed by atoms with E-state index >= 15 is 0 Å². The highest BCUT2D eigenvalue weighted by Gasteiger charge is 2.17. The van der Waals surface area contributed by atoms with Crippen LogP contribution in [0.4, 0.5) is 0 Å². The van der Waals surface area contributed by atoms with E-state index in [1.54, 1.807) is 6.07 Å². The van der Waals surface area contributed by atoms with Crippen LogP contribution in [0.5, 0.6) is 0 Å². The number of hydrogen-bond donors (Lipinski definition) is 1. The van der Waals surface area contributed by atoms with Crippen molar-refractivity contribution in [1.82, 2.24) is 5.32 Å². The number of benzene rings is 1. The zero-order valence-electron chi connectivity index (χ0n) is 10.8. The number of alkyl halides is 1. The van der Waals surface area contributed by atoms with Gasteiger partial charge in [0.05, 0.1) is 15.4 Å². The number of halogens is 4. The first-order valence-corrected chi connectivity index (χ1v) is 6.89. The van der Waals surface area contributed by atoms with E-state index in [9.17, 15) is 0 Å². The summed E-state index contributed by atoms with van der Waals surface area (Å²) >= 11 is 18.2. The summed E-state index contributed by atoms with van der Waals surface area (Å²) in [4.78, 5) is 0. The van der Waals surface area contributed by atoms with Gasteiger partial charge in [-0.15, -0.1) is 24.0 Å². The van der Waals surface area contributed by atoms with Gasteiger partial charge < -0.3 is 5.32 Å². The molecule has 0 saturated carbocycles. The van der Waals surface area contributed by atoms with E-state index in [0.29, 0.717) is 16.6 Å². The maximum absolute atomic E-state index is 6.33. The molecule has 1 N–H and O–H groups in total. The molecule has 0 aliphatic carbocycles. The maximum Gasteiger partial charge on any atom is 0.0710 e. The van der Waals surface area contributed by atoms with Crippen LogP contribution in [0.25, 0.3) is 0 Å². The Morgan fingerprint density at radius 2 is 1.83 bits per heavy atom. The third kappa shape index (κ3) is 5.54. The van der Waals surface area contributed by atoms with Gasteiger partial charge in [-0.2, -0.15) is 0 Å². The smallest absolute Gasteiger partial charge is 0.0710 e. The standard InChI is InChI=1S/C13H18Cl3N.ClH/c1-4-13(2,3)17-8-12(16)9-5-6-10(14)11(15)7-9;/h5-7,12,17H,4,8H2,1-3H3;1H. The minimum Gasteiger partial charge on any atom is -0.310 e. The molecular formula is C13H19Cl4N. The molecule has 1 aromatic carbocycles. The molecule has 0 spiro atoms. The van der Waals surface area contributed by atoms with Gasteiger partial charge in [0.1, 0.15) is 0 Å². The second-order valence-electron chi connectivity index (χ2n) is 4.76. The zero-order chi connectivity index (χ0) is 13.1. The highest BCUT2D eigenvalue weighted by Crippen LogP contribution is 2.28. The maximum atomic E-state index is 6.33. The minimum absolute atomic E-state index is 0. The van der Waals surface area contributed by atoms with Crippen molar-refractivity contribution in [2.24, 2.45) is 0 Å². The molecule has 0 amide bonds. The molecule has 104 valence electrons. The van der Waals surface area contributed by atoms with E-state index in [4.69, 9.17) is 34.8 Å². The van der Waals surface area contributed by atoms with Gasteiger partial charge in [0.25, 0.3) is 0 Å². The van der Waals surface area contributed by atoms with Gasteiger partial charge in [0.2, 0.25) is 0 Å². The van der Waals surface area contributed by atoms with Gasteiger partial charge in [0, 0.05) is 12.1 Å². The van der Waals surface area contributed by atoms with Crippen molar-refractivity contribution < 1.29 is 0 Å². The SMILES string of the molecule is CCC(C)(C)NCC(Cl)c1ccc(Cl)c(Cl)c1.Cl. The molecule has 0 aliphatic rings. The van der Waals surface area contributed by atoms with Crippen LogP contribution >= 0.6 is 47.2 Å². The first-order chi connectivity index (χ1) is 7.85. The lowest BCUT2D eigenvalue weighted by Gasteiger charge is -2.26. The van der Waals surface area contributed by atoms with Crippen LogP contribution in [0.2, 0.25) is 10.0 Å². The van der Waals surface area contributed by atoms with Crippen LogP contribution in [0.1, 0.15) is 38.1 Å². The van der Waals surface area contributed by atoms with Crippen LogP contribution in [0.3, 0.4) is 0 Å². The van der Waals surface area contributed by atoms with Crippen molar-refractivity contribution in [3.05, 3.63) is 33.8 Å². The first-order valence-electron chi connectivity index (χ1n) is 5.70. The summed E-state index contributed by atoms with van der Waals surface area (Å²) in [5.41, 5.74) is 1.09. The Hall–Kier alpha value is 0.340. The molecule has 1 aromatic rings. The zero-order valence-corrected chi connectivity index (χ0v) is 13.9. The van der Waals surface area contributed by atoms with Crippen LogP contribution in [0, 0.1) is 0 Å². The summed E-state index contributed by atoms with van der Waals surface area (Å²) in [5, 5.41) is 4.43. The minimum atomic E-state index is -0.101. The summed E-state index contributed by atoms with van der Waals surface area (Å²) in [7, 11) is 0. The monoisotopic (exact) mass is 329 g/mol. The highest BCUT2D eigenvalue weighted by molar-refractivity contribution is 6.42. The summed E-state index contributed by atoms with van der Waals surface area (Å²) < 4.78 is 0. The fraction of sp³-hybridized carbons (Fsp3) is 0.538. The molecule has 0 saturated heterocycles. The van der Waals surface area contributed by atoms with Crippen molar-refractivity contribution in [2.45, 2.75) is 38.1 Å². The van der Waals surface area contributed by atoms with Crippen LogP contribution in [-0.2, 0) is 0 Å². The lowest BCUT2D eigenvalue weighted by molar-refractivity contribution is 0.377. The van der Waals surface area contributed by atoms with Gasteiger partial charge in [-0.3, -0.25) is 0 Å². The topological polar surface area (TPSA) is 12.0 Å². The van der Waals surface area contributed by atoms with Gasteiger partial charge in [-0.05, 0) is 38.0 Å². The Kier molecular flexibility index (Phi) is 7.96. The summed E-state index contributed by atoms with van der Waals surface area (Å²) in [6.07, 6.45) is 1.05. The molecule has 1 atom stereocenters. The fourth-order valence-electron chi connectivity index (χ4n) is 1.32. The van der Waals surface area contributed by atoms with Crippen LogP contribution in [0.15, 0.2) is 18.2 Å². The molecular weight excluding hydrogens is 312 g/mol. The van der Waals surface area contributed by atoms with Crippen LogP contribution in [-0.4, -0.2) is 12.1 Å². The predicted molar refractivity (Wildman–Crippen MR) is 84.7 cm³/mol. The molecule has 1 rings (SSSR count). The van der Waals surface area contributed by atoms with E-state index in [1.807, 2.05) is 12.1 Å². The summed E-state index contributed by atoms with van der Waals surface area (Å²) in [5.74, 6) is 0. The highest BCUT2D eigenvalue weighted by atomic mass is 35.5. The number of nitrogens with one attached hydrogen (secondary N) is 1. The molecule has 0 fully saturated rings. The molecule has 0 radical (unpaired) electrons. The fourth-order valence-corrected chi connectivity index (χ4v) is 1.84. The molecule has 18 heavy (non-hydrogen) atoms. The molecule has 0 aliphatic heterocycles. The average Bonchev–Trinajstić information content (AvgIpc) is 2.30. The molecule has 5 heteroatoms.